The summed E-state index contributed by atoms with van der Waals surface area (Å²) in [6, 6.07) is 0.140. The van der Waals surface area contributed by atoms with Crippen LogP contribution in [0.3, 0.4) is 0 Å². The number of nitrogens with zero attached hydrogens (tertiary/aromatic N) is 2. The zero-order chi connectivity index (χ0) is 14.3. The van der Waals surface area contributed by atoms with Gasteiger partial charge in [0.2, 0.25) is 0 Å². The molecule has 1 fully saturated rings. The molecule has 5 nitrogen and oxygen atoms in total. The number of hydrogen-bond donors (Lipinski definition) is 1. The molecule has 2 atom stereocenters. The van der Waals surface area contributed by atoms with E-state index in [9.17, 15) is 9.90 Å². The van der Waals surface area contributed by atoms with Crippen LogP contribution in [-0.4, -0.2) is 72.4 Å². The van der Waals surface area contributed by atoms with Crippen LogP contribution < -0.4 is 0 Å². The van der Waals surface area contributed by atoms with E-state index in [1.807, 2.05) is 13.8 Å². The molecule has 0 radical (unpaired) electrons. The Kier molecular flexibility index (Phi) is 7.34. The molecule has 112 valence electrons. The molecule has 0 aromatic heterocycles. The maximum atomic E-state index is 11.9. The molecule has 0 aromatic carbocycles. The van der Waals surface area contributed by atoms with Gasteiger partial charge in [-0.1, -0.05) is 13.8 Å². The average Bonchev–Trinajstić information content (AvgIpc) is 2.43. The standard InChI is InChI=1S/C14H28N2O3/c1-4-12(11-17)15-7-9-16(10-8-15)13(5-2)14(18)19-6-3/h12-13,17H,4-11H2,1-3H3. The minimum atomic E-state index is -0.115. The first-order valence-electron chi connectivity index (χ1n) is 7.43. The van der Waals surface area contributed by atoms with Gasteiger partial charge in [0, 0.05) is 32.2 Å². The quantitative estimate of drug-likeness (QED) is 0.692. The third kappa shape index (κ3) is 4.44. The molecule has 0 aliphatic carbocycles. The fraction of sp³-hybridized carbons (Fsp3) is 0.929. The lowest BCUT2D eigenvalue weighted by Crippen LogP contribution is -2.55. The van der Waals surface area contributed by atoms with E-state index >= 15 is 0 Å². The van der Waals surface area contributed by atoms with Crippen LogP contribution in [0.5, 0.6) is 0 Å². The maximum Gasteiger partial charge on any atom is 0.323 e. The number of ether oxygens (including phenoxy) is 1. The number of esters is 1. The monoisotopic (exact) mass is 272 g/mol. The Labute approximate surface area is 116 Å². The first kappa shape index (κ1) is 16.4. The SMILES string of the molecule is CCOC(=O)C(CC)N1CCN(C(CC)CO)CC1. The van der Waals surface area contributed by atoms with E-state index in [0.717, 1.165) is 39.0 Å². The predicted molar refractivity (Wildman–Crippen MR) is 75.0 cm³/mol. The fourth-order valence-corrected chi connectivity index (χ4v) is 2.73. The molecule has 1 rings (SSSR count). The molecule has 5 heteroatoms. The molecule has 0 saturated carbocycles. The summed E-state index contributed by atoms with van der Waals surface area (Å²) >= 11 is 0. The molecule has 19 heavy (non-hydrogen) atoms. The zero-order valence-corrected chi connectivity index (χ0v) is 12.5. The summed E-state index contributed by atoms with van der Waals surface area (Å²) in [6.07, 6.45) is 1.75. The lowest BCUT2D eigenvalue weighted by molar-refractivity contribution is -0.150. The minimum Gasteiger partial charge on any atom is -0.465 e. The lowest BCUT2D eigenvalue weighted by Gasteiger charge is -2.40. The molecule has 0 bridgehead atoms. The van der Waals surface area contributed by atoms with E-state index in [1.54, 1.807) is 0 Å². The van der Waals surface area contributed by atoms with E-state index in [-0.39, 0.29) is 24.7 Å². The van der Waals surface area contributed by atoms with Crippen molar-refractivity contribution in [2.45, 2.75) is 45.7 Å². The van der Waals surface area contributed by atoms with Gasteiger partial charge in [0.15, 0.2) is 0 Å². The Morgan fingerprint density at radius 3 is 2.11 bits per heavy atom. The van der Waals surface area contributed by atoms with E-state index < -0.39 is 0 Å². The summed E-state index contributed by atoms with van der Waals surface area (Å²) < 4.78 is 5.13. The highest BCUT2D eigenvalue weighted by Gasteiger charge is 2.30. The van der Waals surface area contributed by atoms with Crippen molar-refractivity contribution in [3.63, 3.8) is 0 Å². The van der Waals surface area contributed by atoms with Crippen molar-refractivity contribution in [1.82, 2.24) is 9.80 Å². The Balaban J connectivity index is 2.49. The number of carbonyl (C=O) groups is 1. The smallest absolute Gasteiger partial charge is 0.323 e. The Morgan fingerprint density at radius 1 is 1.11 bits per heavy atom. The number of carbonyl (C=O) groups excluding carboxylic acids is 1. The molecule has 0 aromatic rings. The van der Waals surface area contributed by atoms with Gasteiger partial charge in [-0.2, -0.15) is 0 Å². The summed E-state index contributed by atoms with van der Waals surface area (Å²) in [5.74, 6) is -0.104. The molecular formula is C14H28N2O3. The summed E-state index contributed by atoms with van der Waals surface area (Å²) in [4.78, 5) is 16.4. The maximum absolute atomic E-state index is 11.9. The highest BCUT2D eigenvalue weighted by Crippen LogP contribution is 2.14. The van der Waals surface area contributed by atoms with Crippen molar-refractivity contribution in [1.29, 1.82) is 0 Å². The van der Waals surface area contributed by atoms with Crippen LogP contribution in [0, 0.1) is 0 Å². The third-order valence-electron chi connectivity index (χ3n) is 3.93. The summed E-state index contributed by atoms with van der Waals surface area (Å²) in [5.41, 5.74) is 0. The molecule has 1 saturated heterocycles. The van der Waals surface area contributed by atoms with E-state index in [4.69, 9.17) is 4.74 Å². The average molecular weight is 272 g/mol. The van der Waals surface area contributed by atoms with E-state index in [2.05, 4.69) is 16.7 Å². The molecule has 0 spiro atoms. The second kappa shape index (κ2) is 8.51. The summed E-state index contributed by atoms with van der Waals surface area (Å²) in [6.45, 7) is 10.2. The topological polar surface area (TPSA) is 53.0 Å². The van der Waals surface area contributed by atoms with Crippen LogP contribution in [0.2, 0.25) is 0 Å². The van der Waals surface area contributed by atoms with Gasteiger partial charge in [-0.05, 0) is 19.8 Å². The lowest BCUT2D eigenvalue weighted by atomic mass is 10.1. The Hall–Kier alpha value is -0.650. The summed E-state index contributed by atoms with van der Waals surface area (Å²) in [5, 5.41) is 9.33. The highest BCUT2D eigenvalue weighted by atomic mass is 16.5. The van der Waals surface area contributed by atoms with Gasteiger partial charge in [0.1, 0.15) is 6.04 Å². The zero-order valence-electron chi connectivity index (χ0n) is 12.5. The second-order valence-electron chi connectivity index (χ2n) is 4.99. The van der Waals surface area contributed by atoms with Crippen molar-refractivity contribution in [2.75, 3.05) is 39.4 Å². The van der Waals surface area contributed by atoms with Crippen molar-refractivity contribution in [3.05, 3.63) is 0 Å². The number of rotatable bonds is 7. The minimum absolute atomic E-state index is 0.104. The molecule has 1 N–H and O–H groups in total. The van der Waals surface area contributed by atoms with E-state index in [1.165, 1.54) is 0 Å². The number of piperazine rings is 1. The molecule has 1 aliphatic rings. The normalized spacial score (nSPS) is 21.1. The Bertz CT molecular complexity index is 261. The third-order valence-corrected chi connectivity index (χ3v) is 3.93. The van der Waals surface area contributed by atoms with Crippen molar-refractivity contribution >= 4 is 5.97 Å². The van der Waals surface area contributed by atoms with Crippen LogP contribution >= 0.6 is 0 Å². The largest absolute Gasteiger partial charge is 0.465 e. The second-order valence-corrected chi connectivity index (χ2v) is 4.99. The van der Waals surface area contributed by atoms with Crippen LogP contribution in [-0.2, 0) is 9.53 Å². The van der Waals surface area contributed by atoms with E-state index in [0.29, 0.717) is 6.61 Å². The van der Waals surface area contributed by atoms with Crippen LogP contribution in [0.25, 0.3) is 0 Å². The van der Waals surface area contributed by atoms with Gasteiger partial charge < -0.3 is 9.84 Å². The van der Waals surface area contributed by atoms with Crippen LogP contribution in [0.1, 0.15) is 33.6 Å². The summed E-state index contributed by atoms with van der Waals surface area (Å²) in [7, 11) is 0. The van der Waals surface area contributed by atoms with Gasteiger partial charge in [0.25, 0.3) is 0 Å². The fourth-order valence-electron chi connectivity index (χ4n) is 2.73. The molecule has 1 aliphatic heterocycles. The number of aliphatic hydroxyl groups excluding tert-OH is 1. The molecule has 2 unspecified atom stereocenters. The first-order chi connectivity index (χ1) is 9.17. The number of aliphatic hydroxyl groups is 1. The van der Waals surface area contributed by atoms with Gasteiger partial charge in [-0.25, -0.2) is 0 Å². The predicted octanol–water partition coefficient (Wildman–Crippen LogP) is 0.717. The molecular weight excluding hydrogens is 244 g/mol. The van der Waals surface area contributed by atoms with Crippen molar-refractivity contribution in [3.8, 4) is 0 Å². The Morgan fingerprint density at radius 2 is 1.68 bits per heavy atom. The van der Waals surface area contributed by atoms with Crippen molar-refractivity contribution in [2.24, 2.45) is 0 Å². The van der Waals surface area contributed by atoms with Crippen molar-refractivity contribution < 1.29 is 14.6 Å². The molecule has 0 amide bonds. The molecule has 1 heterocycles. The van der Waals surface area contributed by atoms with Crippen LogP contribution in [0.4, 0.5) is 0 Å². The van der Waals surface area contributed by atoms with Gasteiger partial charge in [-0.3, -0.25) is 14.6 Å². The van der Waals surface area contributed by atoms with Gasteiger partial charge in [0.05, 0.1) is 13.2 Å². The van der Waals surface area contributed by atoms with Gasteiger partial charge >= 0.3 is 5.97 Å². The highest BCUT2D eigenvalue weighted by molar-refractivity contribution is 5.75. The first-order valence-corrected chi connectivity index (χ1v) is 7.43. The van der Waals surface area contributed by atoms with Crippen LogP contribution in [0.15, 0.2) is 0 Å². The van der Waals surface area contributed by atoms with Gasteiger partial charge in [-0.15, -0.1) is 0 Å². The number of hydrogen-bond acceptors (Lipinski definition) is 5.